The molecule has 26 heavy (non-hydrogen) atoms. The molecule has 1 fully saturated rings. The zero-order valence-electron chi connectivity index (χ0n) is 15.7. The molecule has 1 aromatic carbocycles. The summed E-state index contributed by atoms with van der Waals surface area (Å²) in [5, 5.41) is 2.88. The molecule has 1 N–H and O–H groups in total. The number of nitrogens with one attached hydrogen (secondary N) is 1. The van der Waals surface area contributed by atoms with Crippen LogP contribution in [-0.2, 0) is 20.9 Å². The maximum absolute atomic E-state index is 12.3. The first-order valence-electron chi connectivity index (χ1n) is 8.78. The van der Waals surface area contributed by atoms with Gasteiger partial charge in [0.05, 0.1) is 18.6 Å². The van der Waals surface area contributed by atoms with Crippen molar-refractivity contribution < 1.29 is 19.1 Å². The average Bonchev–Trinajstić information content (AvgIpc) is 3.00. The second kappa shape index (κ2) is 9.33. The van der Waals surface area contributed by atoms with Gasteiger partial charge in [-0.05, 0) is 44.8 Å². The molecule has 0 aromatic heterocycles. The highest BCUT2D eigenvalue weighted by Crippen LogP contribution is 2.18. The van der Waals surface area contributed by atoms with E-state index in [9.17, 15) is 14.4 Å². The van der Waals surface area contributed by atoms with Crippen LogP contribution in [0.5, 0.6) is 0 Å². The third-order valence-electron chi connectivity index (χ3n) is 4.46. The molecule has 7 nitrogen and oxygen atoms in total. The standard InChI is InChI=1S/C19H27N3O4/c1-21(2)9-4-10-22-13-16(11-17(22)23)18(24)20-12-14-5-7-15(8-6-14)19(25)26-3/h5-8,16H,4,9-13H2,1-3H3,(H,20,24). The van der Waals surface area contributed by atoms with Crippen molar-refractivity contribution in [2.45, 2.75) is 19.4 Å². The van der Waals surface area contributed by atoms with Gasteiger partial charge in [-0.2, -0.15) is 0 Å². The molecule has 1 aliphatic rings. The van der Waals surface area contributed by atoms with Crippen molar-refractivity contribution in [3.05, 3.63) is 35.4 Å². The first-order chi connectivity index (χ1) is 12.4. The predicted molar refractivity (Wildman–Crippen MR) is 97.5 cm³/mol. The van der Waals surface area contributed by atoms with Gasteiger partial charge in [0.1, 0.15) is 0 Å². The van der Waals surface area contributed by atoms with Gasteiger partial charge in [0.25, 0.3) is 0 Å². The van der Waals surface area contributed by atoms with E-state index in [-0.39, 0.29) is 30.1 Å². The number of hydrogen-bond donors (Lipinski definition) is 1. The number of benzene rings is 1. The minimum absolute atomic E-state index is 0.0475. The van der Waals surface area contributed by atoms with Gasteiger partial charge in [-0.25, -0.2) is 4.79 Å². The Balaban J connectivity index is 1.79. The average molecular weight is 361 g/mol. The van der Waals surface area contributed by atoms with Crippen LogP contribution in [0.15, 0.2) is 24.3 Å². The molecule has 1 unspecified atom stereocenters. The highest BCUT2D eigenvalue weighted by atomic mass is 16.5. The maximum atomic E-state index is 12.3. The Morgan fingerprint density at radius 2 is 1.96 bits per heavy atom. The Morgan fingerprint density at radius 3 is 2.58 bits per heavy atom. The van der Waals surface area contributed by atoms with Crippen LogP contribution in [0, 0.1) is 5.92 Å². The molecule has 2 rings (SSSR count). The van der Waals surface area contributed by atoms with Crippen LogP contribution in [0.3, 0.4) is 0 Å². The first-order valence-corrected chi connectivity index (χ1v) is 8.78. The van der Waals surface area contributed by atoms with Gasteiger partial charge in [0.2, 0.25) is 11.8 Å². The monoisotopic (exact) mass is 361 g/mol. The second-order valence-electron chi connectivity index (χ2n) is 6.80. The third kappa shape index (κ3) is 5.56. The van der Waals surface area contributed by atoms with Gasteiger partial charge in [-0.1, -0.05) is 12.1 Å². The Bertz CT molecular complexity index is 643. The molecular formula is C19H27N3O4. The zero-order chi connectivity index (χ0) is 19.1. The lowest BCUT2D eigenvalue weighted by Gasteiger charge is -2.18. The molecule has 0 saturated carbocycles. The number of hydrogen-bond acceptors (Lipinski definition) is 5. The van der Waals surface area contributed by atoms with Gasteiger partial charge >= 0.3 is 5.97 Å². The number of methoxy groups -OCH3 is 1. The summed E-state index contributed by atoms with van der Waals surface area (Å²) in [6, 6.07) is 6.89. The van der Waals surface area contributed by atoms with Gasteiger partial charge in [0.15, 0.2) is 0 Å². The highest BCUT2D eigenvalue weighted by molar-refractivity contribution is 5.90. The zero-order valence-corrected chi connectivity index (χ0v) is 15.7. The third-order valence-corrected chi connectivity index (χ3v) is 4.46. The Labute approximate surface area is 154 Å². The summed E-state index contributed by atoms with van der Waals surface area (Å²) in [5.74, 6) is -0.743. The van der Waals surface area contributed by atoms with E-state index in [1.54, 1.807) is 29.2 Å². The largest absolute Gasteiger partial charge is 0.465 e. The summed E-state index contributed by atoms with van der Waals surface area (Å²) in [6.07, 6.45) is 1.18. The number of rotatable bonds is 8. The van der Waals surface area contributed by atoms with E-state index in [0.717, 1.165) is 18.5 Å². The topological polar surface area (TPSA) is 78.9 Å². The lowest BCUT2D eigenvalue weighted by atomic mass is 10.1. The minimum Gasteiger partial charge on any atom is -0.465 e. The number of nitrogens with zero attached hydrogens (tertiary/aromatic N) is 2. The molecule has 1 atom stereocenters. The normalized spacial score (nSPS) is 16.8. The van der Waals surface area contributed by atoms with E-state index in [1.807, 2.05) is 14.1 Å². The van der Waals surface area contributed by atoms with Crippen molar-refractivity contribution in [1.29, 1.82) is 0 Å². The van der Waals surface area contributed by atoms with Crippen LogP contribution >= 0.6 is 0 Å². The first kappa shape index (κ1) is 19.9. The molecule has 1 aromatic rings. The van der Waals surface area contributed by atoms with Gasteiger partial charge < -0.3 is 19.9 Å². The van der Waals surface area contributed by atoms with Crippen LogP contribution in [0.25, 0.3) is 0 Å². The molecule has 0 aliphatic carbocycles. The van der Waals surface area contributed by atoms with Crippen LogP contribution < -0.4 is 5.32 Å². The number of carbonyl (C=O) groups is 3. The van der Waals surface area contributed by atoms with Crippen LogP contribution in [-0.4, -0.2) is 68.4 Å². The fraction of sp³-hybridized carbons (Fsp3) is 0.526. The Kier molecular flexibility index (Phi) is 7.15. The SMILES string of the molecule is COC(=O)c1ccc(CNC(=O)C2CC(=O)N(CCCN(C)C)C2)cc1. The Hall–Kier alpha value is -2.41. The summed E-state index contributed by atoms with van der Waals surface area (Å²) < 4.78 is 4.65. The van der Waals surface area contributed by atoms with Crippen LogP contribution in [0.4, 0.5) is 0 Å². The van der Waals surface area contributed by atoms with Crippen molar-refractivity contribution in [2.24, 2.45) is 5.92 Å². The molecule has 1 heterocycles. The van der Waals surface area contributed by atoms with Crippen molar-refractivity contribution in [2.75, 3.05) is 40.8 Å². The van der Waals surface area contributed by atoms with E-state index in [4.69, 9.17) is 0 Å². The van der Waals surface area contributed by atoms with Gasteiger partial charge in [0, 0.05) is 26.1 Å². The summed E-state index contributed by atoms with van der Waals surface area (Å²) in [5.41, 5.74) is 1.36. The molecule has 1 aliphatic heterocycles. The van der Waals surface area contributed by atoms with E-state index in [0.29, 0.717) is 25.2 Å². The molecule has 142 valence electrons. The number of likely N-dealkylation sites (tertiary alicyclic amines) is 1. The van der Waals surface area contributed by atoms with Crippen molar-refractivity contribution in [3.8, 4) is 0 Å². The highest BCUT2D eigenvalue weighted by Gasteiger charge is 2.33. The number of ether oxygens (including phenoxy) is 1. The fourth-order valence-electron chi connectivity index (χ4n) is 2.95. The van der Waals surface area contributed by atoms with Crippen molar-refractivity contribution in [1.82, 2.24) is 15.1 Å². The number of amides is 2. The van der Waals surface area contributed by atoms with Crippen molar-refractivity contribution >= 4 is 17.8 Å². The summed E-state index contributed by atoms with van der Waals surface area (Å²) >= 11 is 0. The molecule has 7 heteroatoms. The predicted octanol–water partition coefficient (Wildman–Crippen LogP) is 0.890. The smallest absolute Gasteiger partial charge is 0.337 e. The molecule has 1 saturated heterocycles. The molecule has 0 spiro atoms. The fourth-order valence-corrected chi connectivity index (χ4v) is 2.95. The molecular weight excluding hydrogens is 334 g/mol. The molecule has 0 radical (unpaired) electrons. The molecule has 2 amide bonds. The summed E-state index contributed by atoms with van der Waals surface area (Å²) in [6.45, 7) is 2.46. The maximum Gasteiger partial charge on any atom is 0.337 e. The summed E-state index contributed by atoms with van der Waals surface area (Å²) in [4.78, 5) is 39.7. The number of carbonyl (C=O) groups excluding carboxylic acids is 3. The van der Waals surface area contributed by atoms with Gasteiger partial charge in [-0.15, -0.1) is 0 Å². The summed E-state index contributed by atoms with van der Waals surface area (Å²) in [7, 11) is 5.34. The van der Waals surface area contributed by atoms with Crippen LogP contribution in [0.1, 0.15) is 28.8 Å². The van der Waals surface area contributed by atoms with Gasteiger partial charge in [-0.3, -0.25) is 9.59 Å². The van der Waals surface area contributed by atoms with E-state index in [1.165, 1.54) is 7.11 Å². The van der Waals surface area contributed by atoms with Crippen LogP contribution in [0.2, 0.25) is 0 Å². The minimum atomic E-state index is -0.389. The van der Waals surface area contributed by atoms with Crippen molar-refractivity contribution in [3.63, 3.8) is 0 Å². The lowest BCUT2D eigenvalue weighted by Crippen LogP contribution is -2.33. The quantitative estimate of drug-likeness (QED) is 0.696. The van der Waals surface area contributed by atoms with E-state index in [2.05, 4.69) is 15.0 Å². The molecule has 0 bridgehead atoms. The lowest BCUT2D eigenvalue weighted by molar-refractivity contribution is -0.129. The Morgan fingerprint density at radius 1 is 1.27 bits per heavy atom. The number of esters is 1. The second-order valence-corrected chi connectivity index (χ2v) is 6.80. The van der Waals surface area contributed by atoms with E-state index < -0.39 is 0 Å². The van der Waals surface area contributed by atoms with E-state index >= 15 is 0 Å².